The van der Waals surface area contributed by atoms with Crippen LogP contribution in [0.5, 0.6) is 0 Å². The lowest BCUT2D eigenvalue weighted by Crippen LogP contribution is -2.33. The molecule has 66 valence electrons. The number of rotatable bonds is 2. The SMILES string of the molecule is O=C1CC(CO)C(=O)N1C1CC1. The van der Waals surface area contributed by atoms with E-state index in [1.807, 2.05) is 0 Å². The Balaban J connectivity index is 2.13. The topological polar surface area (TPSA) is 57.6 Å². The molecule has 2 rings (SSSR count). The average Bonchev–Trinajstić information content (AvgIpc) is 2.80. The van der Waals surface area contributed by atoms with Crippen molar-refractivity contribution in [2.45, 2.75) is 25.3 Å². The van der Waals surface area contributed by atoms with Crippen molar-refractivity contribution < 1.29 is 14.7 Å². The molecule has 1 N–H and O–H groups in total. The highest BCUT2D eigenvalue weighted by Crippen LogP contribution is 2.33. The van der Waals surface area contributed by atoms with Gasteiger partial charge in [0.05, 0.1) is 12.5 Å². The highest BCUT2D eigenvalue weighted by Gasteiger charge is 2.45. The normalized spacial score (nSPS) is 30.1. The summed E-state index contributed by atoms with van der Waals surface area (Å²) in [6, 6.07) is 0.154. The molecule has 2 fully saturated rings. The van der Waals surface area contributed by atoms with Crippen LogP contribution in [0.2, 0.25) is 0 Å². The van der Waals surface area contributed by atoms with Crippen molar-refractivity contribution in [1.82, 2.24) is 4.90 Å². The number of likely N-dealkylation sites (tertiary alicyclic amines) is 1. The van der Waals surface area contributed by atoms with E-state index in [9.17, 15) is 9.59 Å². The summed E-state index contributed by atoms with van der Waals surface area (Å²) in [5.74, 6) is -0.746. The number of carbonyl (C=O) groups excluding carboxylic acids is 2. The summed E-state index contributed by atoms with van der Waals surface area (Å²) in [5.41, 5.74) is 0. The fourth-order valence-electron chi connectivity index (χ4n) is 1.58. The molecule has 1 unspecified atom stereocenters. The van der Waals surface area contributed by atoms with Crippen molar-refractivity contribution in [1.29, 1.82) is 0 Å². The maximum atomic E-state index is 11.4. The summed E-state index contributed by atoms with van der Waals surface area (Å²) in [6.07, 6.45) is 2.08. The molecule has 4 nitrogen and oxygen atoms in total. The smallest absolute Gasteiger partial charge is 0.235 e. The van der Waals surface area contributed by atoms with Crippen molar-refractivity contribution >= 4 is 11.8 Å². The number of imide groups is 1. The van der Waals surface area contributed by atoms with Gasteiger partial charge in [0.15, 0.2) is 0 Å². The van der Waals surface area contributed by atoms with Crippen molar-refractivity contribution in [3.63, 3.8) is 0 Å². The molecule has 1 saturated carbocycles. The second-order valence-electron chi connectivity index (χ2n) is 3.42. The van der Waals surface area contributed by atoms with Crippen LogP contribution in [0.3, 0.4) is 0 Å². The van der Waals surface area contributed by atoms with Gasteiger partial charge in [-0.2, -0.15) is 0 Å². The molecule has 2 amide bonds. The second kappa shape index (κ2) is 2.55. The van der Waals surface area contributed by atoms with Crippen LogP contribution in [-0.2, 0) is 9.59 Å². The summed E-state index contributed by atoms with van der Waals surface area (Å²) in [7, 11) is 0. The van der Waals surface area contributed by atoms with E-state index in [1.165, 1.54) is 4.90 Å². The standard InChI is InChI=1S/C8H11NO3/c10-4-5-3-7(11)9(8(5)12)6-1-2-6/h5-6,10H,1-4H2. The molecular weight excluding hydrogens is 158 g/mol. The maximum Gasteiger partial charge on any atom is 0.235 e. The quantitative estimate of drug-likeness (QED) is 0.568. The van der Waals surface area contributed by atoms with Gasteiger partial charge in [0, 0.05) is 12.5 Å². The van der Waals surface area contributed by atoms with Crippen LogP contribution in [0.15, 0.2) is 0 Å². The van der Waals surface area contributed by atoms with E-state index in [1.54, 1.807) is 0 Å². The van der Waals surface area contributed by atoms with Gasteiger partial charge in [-0.1, -0.05) is 0 Å². The third-order valence-corrected chi connectivity index (χ3v) is 2.41. The lowest BCUT2D eigenvalue weighted by atomic mass is 10.1. The highest BCUT2D eigenvalue weighted by atomic mass is 16.3. The summed E-state index contributed by atoms with van der Waals surface area (Å²) >= 11 is 0. The molecule has 2 aliphatic rings. The third kappa shape index (κ3) is 1.03. The monoisotopic (exact) mass is 169 g/mol. The number of aliphatic hydroxyl groups excluding tert-OH is 1. The van der Waals surface area contributed by atoms with Crippen molar-refractivity contribution in [3.8, 4) is 0 Å². The van der Waals surface area contributed by atoms with Crippen LogP contribution < -0.4 is 0 Å². The van der Waals surface area contributed by atoms with Crippen LogP contribution in [-0.4, -0.2) is 34.5 Å². The lowest BCUT2D eigenvalue weighted by molar-refractivity contribution is -0.140. The molecule has 0 spiro atoms. The number of aliphatic hydroxyl groups is 1. The molecule has 0 radical (unpaired) electrons. The average molecular weight is 169 g/mol. The lowest BCUT2D eigenvalue weighted by Gasteiger charge is -2.12. The van der Waals surface area contributed by atoms with E-state index in [0.717, 1.165) is 12.8 Å². The number of nitrogens with zero attached hydrogens (tertiary/aromatic N) is 1. The van der Waals surface area contributed by atoms with Gasteiger partial charge in [0.1, 0.15) is 0 Å². The number of carbonyl (C=O) groups is 2. The van der Waals surface area contributed by atoms with Gasteiger partial charge in [-0.25, -0.2) is 0 Å². The zero-order valence-corrected chi connectivity index (χ0v) is 6.69. The van der Waals surface area contributed by atoms with E-state index < -0.39 is 5.92 Å². The van der Waals surface area contributed by atoms with E-state index in [0.29, 0.717) is 0 Å². The molecule has 4 heteroatoms. The minimum absolute atomic E-state index is 0.110. The molecule has 1 aliphatic carbocycles. The number of hydrogen-bond donors (Lipinski definition) is 1. The molecule has 1 heterocycles. The van der Waals surface area contributed by atoms with Gasteiger partial charge in [-0.3, -0.25) is 14.5 Å². The zero-order chi connectivity index (χ0) is 8.72. The van der Waals surface area contributed by atoms with Gasteiger partial charge >= 0.3 is 0 Å². The molecule has 12 heavy (non-hydrogen) atoms. The van der Waals surface area contributed by atoms with Crippen LogP contribution >= 0.6 is 0 Å². The predicted molar refractivity (Wildman–Crippen MR) is 40.1 cm³/mol. The van der Waals surface area contributed by atoms with Gasteiger partial charge in [-0.05, 0) is 12.8 Å². The second-order valence-corrected chi connectivity index (χ2v) is 3.42. The minimum Gasteiger partial charge on any atom is -0.396 e. The van der Waals surface area contributed by atoms with Gasteiger partial charge < -0.3 is 5.11 Å². The molecule has 0 aromatic carbocycles. The predicted octanol–water partition coefficient (Wildman–Crippen LogP) is -0.484. The summed E-state index contributed by atoms with van der Waals surface area (Å²) in [6.45, 7) is -0.201. The van der Waals surface area contributed by atoms with E-state index >= 15 is 0 Å². The molecular formula is C8H11NO3. The largest absolute Gasteiger partial charge is 0.396 e. The Labute approximate surface area is 70.2 Å². The van der Waals surface area contributed by atoms with E-state index in [-0.39, 0.29) is 30.9 Å². The Morgan fingerprint density at radius 1 is 1.42 bits per heavy atom. The van der Waals surface area contributed by atoms with Crippen molar-refractivity contribution in [2.75, 3.05) is 6.61 Å². The van der Waals surface area contributed by atoms with Crippen molar-refractivity contribution in [2.24, 2.45) is 5.92 Å². The Kier molecular flexibility index (Phi) is 1.65. The van der Waals surface area contributed by atoms with E-state index in [4.69, 9.17) is 5.11 Å². The first-order valence-corrected chi connectivity index (χ1v) is 4.21. The van der Waals surface area contributed by atoms with Gasteiger partial charge in [0.2, 0.25) is 11.8 Å². The van der Waals surface area contributed by atoms with Gasteiger partial charge in [0.25, 0.3) is 0 Å². The molecule has 1 atom stereocenters. The van der Waals surface area contributed by atoms with Crippen LogP contribution in [0.4, 0.5) is 0 Å². The molecule has 0 aromatic heterocycles. The van der Waals surface area contributed by atoms with E-state index in [2.05, 4.69) is 0 Å². The third-order valence-electron chi connectivity index (χ3n) is 2.41. The molecule has 0 bridgehead atoms. The van der Waals surface area contributed by atoms with Crippen LogP contribution in [0.25, 0.3) is 0 Å². The first kappa shape index (κ1) is 7.73. The fraction of sp³-hybridized carbons (Fsp3) is 0.750. The van der Waals surface area contributed by atoms with Crippen molar-refractivity contribution in [3.05, 3.63) is 0 Å². The maximum absolute atomic E-state index is 11.4. The highest BCUT2D eigenvalue weighted by molar-refractivity contribution is 6.04. The Bertz CT molecular complexity index is 234. The number of amides is 2. The first-order valence-electron chi connectivity index (χ1n) is 4.21. The van der Waals surface area contributed by atoms with Gasteiger partial charge in [-0.15, -0.1) is 0 Å². The first-order chi connectivity index (χ1) is 5.74. The molecule has 1 aliphatic heterocycles. The zero-order valence-electron chi connectivity index (χ0n) is 6.69. The molecule has 1 saturated heterocycles. The molecule has 0 aromatic rings. The number of hydrogen-bond acceptors (Lipinski definition) is 3. The minimum atomic E-state index is -0.460. The Morgan fingerprint density at radius 2 is 2.08 bits per heavy atom. The Morgan fingerprint density at radius 3 is 2.50 bits per heavy atom. The fourth-order valence-corrected chi connectivity index (χ4v) is 1.58. The summed E-state index contributed by atoms with van der Waals surface area (Å²) in [5, 5.41) is 8.77. The summed E-state index contributed by atoms with van der Waals surface area (Å²) < 4.78 is 0. The van der Waals surface area contributed by atoms with Crippen LogP contribution in [0.1, 0.15) is 19.3 Å². The summed E-state index contributed by atoms with van der Waals surface area (Å²) in [4.78, 5) is 23.9. The van der Waals surface area contributed by atoms with Crippen LogP contribution in [0, 0.1) is 5.92 Å². The Hall–Kier alpha value is -0.900.